The summed E-state index contributed by atoms with van der Waals surface area (Å²) >= 11 is 7.57. The fourth-order valence-corrected chi connectivity index (χ4v) is 5.06. The van der Waals surface area contributed by atoms with E-state index in [0.29, 0.717) is 23.2 Å². The molecule has 0 bridgehead atoms. The van der Waals surface area contributed by atoms with Crippen LogP contribution in [0.2, 0.25) is 5.02 Å². The maximum Gasteiger partial charge on any atom is 0.312 e. The normalized spacial score (nSPS) is 14.5. The van der Waals surface area contributed by atoms with Gasteiger partial charge in [-0.25, -0.2) is 0 Å². The molecule has 0 atom stereocenters. The minimum Gasteiger partial charge on any atom is -0.406 e. The Kier molecular flexibility index (Phi) is 7.36. The van der Waals surface area contributed by atoms with E-state index in [2.05, 4.69) is 0 Å². The summed E-state index contributed by atoms with van der Waals surface area (Å²) in [5, 5.41) is 5.38. The number of aromatic nitrogens is 2. The van der Waals surface area contributed by atoms with Crippen LogP contribution in [0.1, 0.15) is 50.6 Å². The fourth-order valence-electron chi connectivity index (χ4n) is 4.02. The minimum absolute atomic E-state index is 0.194. The van der Waals surface area contributed by atoms with E-state index < -0.39 is 0 Å². The van der Waals surface area contributed by atoms with E-state index in [0.717, 1.165) is 27.6 Å². The molecule has 0 spiro atoms. The van der Waals surface area contributed by atoms with Gasteiger partial charge in [-0.15, -0.1) is 0 Å². The second kappa shape index (κ2) is 10.4. The largest absolute Gasteiger partial charge is 0.406 e. The van der Waals surface area contributed by atoms with E-state index in [1.807, 2.05) is 61.5 Å². The summed E-state index contributed by atoms with van der Waals surface area (Å²) in [5.74, 6) is 0.933. The number of hydrogen-bond donors (Lipinski definition) is 0. The van der Waals surface area contributed by atoms with Gasteiger partial charge in [0.25, 0.3) is 0 Å². The van der Waals surface area contributed by atoms with Crippen LogP contribution in [-0.2, 0) is 4.79 Å². The first-order chi connectivity index (χ1) is 15.1. The van der Waals surface area contributed by atoms with Crippen LogP contribution in [0.15, 0.2) is 64.4 Å². The topological polar surface area (TPSA) is 44.1 Å². The Labute approximate surface area is 192 Å². The number of carbonyl (C=O) groups excluding carboxylic acids is 1. The summed E-state index contributed by atoms with van der Waals surface area (Å²) < 4.78 is 7.68. The molecular formula is C25H27ClN2O2S. The van der Waals surface area contributed by atoms with Crippen LogP contribution in [-0.4, -0.2) is 15.7 Å². The molecule has 0 N–H and O–H groups in total. The first kappa shape index (κ1) is 22.0. The molecule has 0 unspecified atom stereocenters. The van der Waals surface area contributed by atoms with Crippen molar-refractivity contribution in [3.8, 4) is 11.6 Å². The number of hydrogen-bond acceptors (Lipinski definition) is 4. The summed E-state index contributed by atoms with van der Waals surface area (Å²) in [6, 6.07) is 17.4. The highest BCUT2D eigenvalue weighted by atomic mass is 35.5. The van der Waals surface area contributed by atoms with Crippen molar-refractivity contribution in [3.63, 3.8) is 0 Å². The fraction of sp³-hybridized carbons (Fsp3) is 0.360. The Hall–Kier alpha value is -2.24. The van der Waals surface area contributed by atoms with Gasteiger partial charge < -0.3 is 4.74 Å². The standard InChI is InChI=1S/C25H27ClN2O2S/c1-18-24(31-22-15-13-20(26)14-16-22)25(28(27-18)21-10-6-3-7-11-21)30-23(29)17-12-19-8-4-2-5-9-19/h3,6-7,10-11,13-16,19H,2,4-5,8-9,12,17H2,1H3. The third-order valence-corrected chi connectivity index (χ3v) is 7.13. The van der Waals surface area contributed by atoms with E-state index in [9.17, 15) is 4.79 Å². The second-order valence-electron chi connectivity index (χ2n) is 8.04. The zero-order valence-corrected chi connectivity index (χ0v) is 19.3. The molecule has 0 radical (unpaired) electrons. The Morgan fingerprint density at radius 3 is 2.52 bits per heavy atom. The molecular weight excluding hydrogens is 428 g/mol. The molecule has 31 heavy (non-hydrogen) atoms. The molecule has 0 saturated heterocycles. The van der Waals surface area contributed by atoms with Gasteiger partial charge in [0.15, 0.2) is 0 Å². The number of halogens is 1. The molecule has 0 aliphatic heterocycles. The van der Waals surface area contributed by atoms with Crippen molar-refractivity contribution in [1.29, 1.82) is 0 Å². The lowest BCUT2D eigenvalue weighted by molar-refractivity contribution is -0.135. The third-order valence-electron chi connectivity index (χ3n) is 5.69. The number of esters is 1. The molecule has 1 aliphatic rings. The number of benzene rings is 2. The van der Waals surface area contributed by atoms with Crippen LogP contribution in [0.25, 0.3) is 5.69 Å². The summed E-state index contributed by atoms with van der Waals surface area (Å²) in [7, 11) is 0. The van der Waals surface area contributed by atoms with E-state index in [1.165, 1.54) is 43.9 Å². The van der Waals surface area contributed by atoms with Gasteiger partial charge in [0.05, 0.1) is 16.3 Å². The average molecular weight is 455 g/mol. The predicted molar refractivity (Wildman–Crippen MR) is 125 cm³/mol. The van der Waals surface area contributed by atoms with Gasteiger partial charge in [0.1, 0.15) is 0 Å². The highest BCUT2D eigenvalue weighted by Crippen LogP contribution is 2.39. The maximum absolute atomic E-state index is 12.8. The van der Waals surface area contributed by atoms with Crippen LogP contribution < -0.4 is 4.74 Å². The van der Waals surface area contributed by atoms with Gasteiger partial charge in [-0.2, -0.15) is 9.78 Å². The lowest BCUT2D eigenvalue weighted by Gasteiger charge is -2.20. The van der Waals surface area contributed by atoms with Gasteiger partial charge >= 0.3 is 5.97 Å². The van der Waals surface area contributed by atoms with Crippen molar-refractivity contribution < 1.29 is 9.53 Å². The summed E-state index contributed by atoms with van der Waals surface area (Å²) in [6.07, 6.45) is 7.68. The quantitative estimate of drug-likeness (QED) is 0.352. The molecule has 1 heterocycles. The van der Waals surface area contributed by atoms with Crippen LogP contribution in [0.3, 0.4) is 0 Å². The molecule has 0 amide bonds. The lowest BCUT2D eigenvalue weighted by atomic mass is 9.86. The van der Waals surface area contributed by atoms with Crippen LogP contribution in [0, 0.1) is 12.8 Å². The molecule has 4 rings (SSSR count). The highest BCUT2D eigenvalue weighted by Gasteiger charge is 2.23. The zero-order chi connectivity index (χ0) is 21.6. The number of aryl methyl sites for hydroxylation is 1. The molecule has 3 aromatic rings. The van der Waals surface area contributed by atoms with Crippen molar-refractivity contribution >= 4 is 29.3 Å². The smallest absolute Gasteiger partial charge is 0.312 e. The van der Waals surface area contributed by atoms with Gasteiger partial charge in [-0.1, -0.05) is 73.7 Å². The van der Waals surface area contributed by atoms with Crippen molar-refractivity contribution in [2.24, 2.45) is 5.92 Å². The molecule has 1 aromatic heterocycles. The van der Waals surface area contributed by atoms with E-state index in [4.69, 9.17) is 21.4 Å². The Morgan fingerprint density at radius 2 is 1.81 bits per heavy atom. The molecule has 1 aliphatic carbocycles. The number of rotatable bonds is 7. The number of para-hydroxylation sites is 1. The Morgan fingerprint density at radius 1 is 1.10 bits per heavy atom. The maximum atomic E-state index is 12.8. The van der Waals surface area contributed by atoms with Crippen LogP contribution >= 0.6 is 23.4 Å². The average Bonchev–Trinajstić information content (AvgIpc) is 3.10. The summed E-state index contributed by atoms with van der Waals surface area (Å²) in [4.78, 5) is 14.7. The Bertz CT molecular complexity index is 1010. The molecule has 162 valence electrons. The van der Waals surface area contributed by atoms with Crippen LogP contribution in [0.4, 0.5) is 0 Å². The summed E-state index contributed by atoms with van der Waals surface area (Å²) in [6.45, 7) is 1.94. The molecule has 4 nitrogen and oxygen atoms in total. The monoisotopic (exact) mass is 454 g/mol. The summed E-state index contributed by atoms with van der Waals surface area (Å²) in [5.41, 5.74) is 1.68. The van der Waals surface area contributed by atoms with Gasteiger partial charge in [0, 0.05) is 16.3 Å². The lowest BCUT2D eigenvalue weighted by Crippen LogP contribution is -2.14. The van der Waals surface area contributed by atoms with Crippen molar-refractivity contribution in [1.82, 2.24) is 9.78 Å². The van der Waals surface area contributed by atoms with E-state index in [1.54, 1.807) is 4.68 Å². The van der Waals surface area contributed by atoms with Gasteiger partial charge in [0.2, 0.25) is 5.88 Å². The van der Waals surface area contributed by atoms with Crippen LogP contribution in [0.5, 0.6) is 5.88 Å². The van der Waals surface area contributed by atoms with E-state index in [-0.39, 0.29) is 5.97 Å². The second-order valence-corrected chi connectivity index (χ2v) is 9.56. The van der Waals surface area contributed by atoms with Crippen molar-refractivity contribution in [3.05, 3.63) is 65.3 Å². The SMILES string of the molecule is Cc1nn(-c2ccccc2)c(OC(=O)CCC2CCCCC2)c1Sc1ccc(Cl)cc1. The Balaban J connectivity index is 1.58. The van der Waals surface area contributed by atoms with E-state index >= 15 is 0 Å². The molecule has 1 saturated carbocycles. The van der Waals surface area contributed by atoms with Crippen molar-refractivity contribution in [2.45, 2.75) is 61.7 Å². The first-order valence-corrected chi connectivity index (χ1v) is 12.1. The van der Waals surface area contributed by atoms with Gasteiger partial charge in [-0.3, -0.25) is 4.79 Å². The van der Waals surface area contributed by atoms with Crippen molar-refractivity contribution in [2.75, 3.05) is 0 Å². The number of carbonyl (C=O) groups is 1. The highest BCUT2D eigenvalue weighted by molar-refractivity contribution is 7.99. The predicted octanol–water partition coefficient (Wildman–Crippen LogP) is 7.25. The molecule has 1 fully saturated rings. The number of nitrogens with zero attached hydrogens (tertiary/aromatic N) is 2. The van der Waals surface area contributed by atoms with Gasteiger partial charge in [-0.05, 0) is 55.7 Å². The minimum atomic E-state index is -0.194. The first-order valence-electron chi connectivity index (χ1n) is 10.9. The molecule has 6 heteroatoms. The molecule has 2 aromatic carbocycles. The zero-order valence-electron chi connectivity index (χ0n) is 17.7. The third kappa shape index (κ3) is 5.72. The number of ether oxygens (including phenoxy) is 1.